The van der Waals surface area contributed by atoms with Crippen LogP contribution in [0.4, 0.5) is 0 Å². The van der Waals surface area contributed by atoms with Crippen molar-refractivity contribution >= 4 is 22.6 Å². The first-order chi connectivity index (χ1) is 13.5. The number of fused-ring (bicyclic) bond motifs is 1. The van der Waals surface area contributed by atoms with Gasteiger partial charge in [0.2, 0.25) is 0 Å². The molecule has 0 saturated carbocycles. The van der Waals surface area contributed by atoms with Crippen LogP contribution in [0.2, 0.25) is 0 Å². The van der Waals surface area contributed by atoms with Gasteiger partial charge in [0.05, 0.1) is 17.0 Å². The van der Waals surface area contributed by atoms with E-state index in [1.165, 1.54) is 28.9 Å². The molecule has 2 aromatic carbocycles. The number of hydrazine groups is 1. The van der Waals surface area contributed by atoms with Crippen molar-refractivity contribution < 1.29 is 9.59 Å². The second-order valence-corrected chi connectivity index (χ2v) is 6.02. The predicted molar refractivity (Wildman–Crippen MR) is 102 cm³/mol. The molecule has 0 fully saturated rings. The Hall–Kier alpha value is -3.99. The number of carbonyl (C=O) groups is 2. The molecule has 0 spiro atoms. The maximum absolute atomic E-state index is 12.6. The molecule has 1 heterocycles. The first kappa shape index (κ1) is 18.8. The van der Waals surface area contributed by atoms with Crippen LogP contribution in [0.5, 0.6) is 0 Å². The van der Waals surface area contributed by atoms with Crippen molar-refractivity contribution in [2.45, 2.75) is 19.9 Å². The summed E-state index contributed by atoms with van der Waals surface area (Å²) < 4.78 is 1.25. The highest BCUT2D eigenvalue weighted by atomic mass is 16.2. The molecule has 8 nitrogen and oxygen atoms in total. The zero-order valence-corrected chi connectivity index (χ0v) is 15.1. The molecule has 28 heavy (non-hydrogen) atoms. The highest BCUT2D eigenvalue weighted by Crippen LogP contribution is 2.13. The Morgan fingerprint density at radius 1 is 1.04 bits per heavy atom. The van der Waals surface area contributed by atoms with E-state index in [2.05, 4.69) is 16.0 Å². The average molecular weight is 375 g/mol. The van der Waals surface area contributed by atoms with Gasteiger partial charge in [0, 0.05) is 17.5 Å². The van der Waals surface area contributed by atoms with Crippen molar-refractivity contribution in [3.05, 3.63) is 75.7 Å². The van der Waals surface area contributed by atoms with Gasteiger partial charge in [-0.3, -0.25) is 25.2 Å². The van der Waals surface area contributed by atoms with Gasteiger partial charge in [0.1, 0.15) is 0 Å². The van der Waals surface area contributed by atoms with E-state index in [0.717, 1.165) is 0 Å². The SMILES string of the molecule is CCCn1nc(C(=O)NNC(=O)c2ccc(C#N)cc2)c2ccccc2c1=O. The van der Waals surface area contributed by atoms with Gasteiger partial charge in [0.15, 0.2) is 5.69 Å². The number of aromatic nitrogens is 2. The van der Waals surface area contributed by atoms with Crippen molar-refractivity contribution in [1.82, 2.24) is 20.6 Å². The van der Waals surface area contributed by atoms with Crippen LogP contribution in [-0.2, 0) is 6.54 Å². The molecule has 3 aromatic rings. The summed E-state index contributed by atoms with van der Waals surface area (Å²) in [6, 6.07) is 14.6. The molecule has 0 saturated heterocycles. The minimum atomic E-state index is -0.636. The zero-order chi connectivity index (χ0) is 20.1. The first-order valence-corrected chi connectivity index (χ1v) is 8.66. The van der Waals surface area contributed by atoms with Crippen molar-refractivity contribution in [2.75, 3.05) is 0 Å². The maximum Gasteiger partial charge on any atom is 0.290 e. The van der Waals surface area contributed by atoms with E-state index in [9.17, 15) is 14.4 Å². The molecule has 0 bridgehead atoms. The molecule has 2 N–H and O–H groups in total. The number of hydrogen-bond acceptors (Lipinski definition) is 5. The third-order valence-corrected chi connectivity index (χ3v) is 4.08. The summed E-state index contributed by atoms with van der Waals surface area (Å²) in [6.07, 6.45) is 0.682. The number of nitrogens with one attached hydrogen (secondary N) is 2. The van der Waals surface area contributed by atoms with Crippen LogP contribution >= 0.6 is 0 Å². The number of rotatable bonds is 4. The molecule has 1 aromatic heterocycles. The van der Waals surface area contributed by atoms with Crippen molar-refractivity contribution in [3.8, 4) is 6.07 Å². The molecule has 2 amide bonds. The molecule has 140 valence electrons. The molecular weight excluding hydrogens is 358 g/mol. The molecule has 0 atom stereocenters. The lowest BCUT2D eigenvalue weighted by molar-refractivity contribution is 0.0843. The number of amides is 2. The van der Waals surface area contributed by atoms with Gasteiger partial charge in [-0.05, 0) is 36.8 Å². The second kappa shape index (κ2) is 8.14. The Kier molecular flexibility index (Phi) is 5.46. The first-order valence-electron chi connectivity index (χ1n) is 8.66. The topological polar surface area (TPSA) is 117 Å². The van der Waals surface area contributed by atoms with Gasteiger partial charge >= 0.3 is 0 Å². The Morgan fingerprint density at radius 3 is 2.32 bits per heavy atom. The highest BCUT2D eigenvalue weighted by molar-refractivity contribution is 6.06. The van der Waals surface area contributed by atoms with E-state index in [1.807, 2.05) is 13.0 Å². The Labute approximate surface area is 160 Å². The third-order valence-electron chi connectivity index (χ3n) is 4.08. The highest BCUT2D eigenvalue weighted by Gasteiger charge is 2.17. The van der Waals surface area contributed by atoms with Gasteiger partial charge in [-0.15, -0.1) is 0 Å². The molecule has 3 rings (SSSR count). The summed E-state index contributed by atoms with van der Waals surface area (Å²) >= 11 is 0. The quantitative estimate of drug-likeness (QED) is 0.674. The third kappa shape index (κ3) is 3.73. The van der Waals surface area contributed by atoms with E-state index in [1.54, 1.807) is 24.3 Å². The summed E-state index contributed by atoms with van der Waals surface area (Å²) in [7, 11) is 0. The molecule has 0 aliphatic heterocycles. The van der Waals surface area contributed by atoms with Crippen LogP contribution in [0.15, 0.2) is 53.3 Å². The smallest absolute Gasteiger partial charge is 0.267 e. The summed E-state index contributed by atoms with van der Waals surface area (Å²) in [6.45, 7) is 2.28. The molecule has 8 heteroatoms. The van der Waals surface area contributed by atoms with E-state index in [-0.39, 0.29) is 16.8 Å². The van der Waals surface area contributed by atoms with E-state index >= 15 is 0 Å². The molecule has 0 aliphatic carbocycles. The fraction of sp³-hybridized carbons (Fsp3) is 0.150. The van der Waals surface area contributed by atoms with E-state index < -0.39 is 11.8 Å². The fourth-order valence-electron chi connectivity index (χ4n) is 2.71. The normalized spacial score (nSPS) is 10.3. The molecule has 0 radical (unpaired) electrons. The Morgan fingerprint density at radius 2 is 1.68 bits per heavy atom. The average Bonchev–Trinajstić information content (AvgIpc) is 2.74. The summed E-state index contributed by atoms with van der Waals surface area (Å²) in [5.41, 5.74) is 5.13. The minimum Gasteiger partial charge on any atom is -0.267 e. The summed E-state index contributed by atoms with van der Waals surface area (Å²) in [5.74, 6) is -1.17. The summed E-state index contributed by atoms with van der Waals surface area (Å²) in [4.78, 5) is 37.3. The van der Waals surface area contributed by atoms with Crippen LogP contribution in [0.1, 0.15) is 39.8 Å². The van der Waals surface area contributed by atoms with Gasteiger partial charge in [-0.1, -0.05) is 25.1 Å². The van der Waals surface area contributed by atoms with Gasteiger partial charge < -0.3 is 0 Å². The Balaban J connectivity index is 1.85. The minimum absolute atomic E-state index is 0.0452. The zero-order valence-electron chi connectivity index (χ0n) is 15.1. The standard InChI is InChI=1S/C20H17N5O3/c1-2-11-25-20(28)16-6-4-3-5-15(16)17(24-25)19(27)23-22-18(26)14-9-7-13(12-21)8-10-14/h3-10H,2,11H2,1H3,(H,22,26)(H,23,27). The Bertz CT molecular complexity index is 1140. The lowest BCUT2D eigenvalue weighted by Gasteiger charge is -2.11. The van der Waals surface area contributed by atoms with Crippen molar-refractivity contribution in [1.29, 1.82) is 5.26 Å². The van der Waals surface area contributed by atoms with Crippen molar-refractivity contribution in [3.63, 3.8) is 0 Å². The number of aryl methyl sites for hydroxylation is 1. The van der Waals surface area contributed by atoms with Gasteiger partial charge in [0.25, 0.3) is 17.4 Å². The van der Waals surface area contributed by atoms with E-state index in [4.69, 9.17) is 5.26 Å². The molecule has 0 aliphatic rings. The van der Waals surface area contributed by atoms with Crippen molar-refractivity contribution in [2.24, 2.45) is 0 Å². The second-order valence-electron chi connectivity index (χ2n) is 6.02. The van der Waals surface area contributed by atoms with Gasteiger partial charge in [-0.25, -0.2) is 4.68 Å². The number of benzene rings is 2. The molecular formula is C20H17N5O3. The number of carbonyl (C=O) groups excluding carboxylic acids is 2. The predicted octanol–water partition coefficient (Wildman–Crippen LogP) is 1.75. The lowest BCUT2D eigenvalue weighted by Crippen LogP contribution is -2.42. The van der Waals surface area contributed by atoms with E-state index in [0.29, 0.717) is 29.3 Å². The van der Waals surface area contributed by atoms with Crippen LogP contribution in [0.25, 0.3) is 10.8 Å². The fourth-order valence-corrected chi connectivity index (χ4v) is 2.71. The van der Waals surface area contributed by atoms with Crippen LogP contribution < -0.4 is 16.4 Å². The number of nitriles is 1. The van der Waals surface area contributed by atoms with Crippen LogP contribution in [0.3, 0.4) is 0 Å². The lowest BCUT2D eigenvalue weighted by atomic mass is 10.1. The summed E-state index contributed by atoms with van der Waals surface area (Å²) in [5, 5.41) is 13.8. The van der Waals surface area contributed by atoms with Crippen LogP contribution in [0, 0.1) is 11.3 Å². The van der Waals surface area contributed by atoms with Crippen LogP contribution in [-0.4, -0.2) is 21.6 Å². The monoisotopic (exact) mass is 375 g/mol. The largest absolute Gasteiger partial charge is 0.290 e. The maximum atomic E-state index is 12.6. The van der Waals surface area contributed by atoms with Gasteiger partial charge in [-0.2, -0.15) is 10.4 Å². The molecule has 0 unspecified atom stereocenters. The number of hydrogen-bond donors (Lipinski definition) is 2. The number of nitrogens with zero attached hydrogens (tertiary/aromatic N) is 3.